The van der Waals surface area contributed by atoms with E-state index in [0.717, 1.165) is 0 Å². The fraction of sp³-hybridized carbons (Fsp3) is 0.136. The first kappa shape index (κ1) is 20.9. The zero-order valence-corrected chi connectivity index (χ0v) is 18.1. The van der Waals surface area contributed by atoms with Gasteiger partial charge in [0.25, 0.3) is 0 Å². The molecule has 0 radical (unpaired) electrons. The van der Waals surface area contributed by atoms with Gasteiger partial charge in [0.2, 0.25) is 5.91 Å². The van der Waals surface area contributed by atoms with Crippen LogP contribution in [0.3, 0.4) is 0 Å². The summed E-state index contributed by atoms with van der Waals surface area (Å²) in [7, 11) is 1.56. The summed E-state index contributed by atoms with van der Waals surface area (Å²) in [6.07, 6.45) is 0. The number of hydrogen-bond donors (Lipinski definition) is 0. The minimum atomic E-state index is -0.470. The van der Waals surface area contributed by atoms with Crippen LogP contribution in [0.5, 0.6) is 23.0 Å². The molecular formula is C22H19FINO4. The molecule has 3 rings (SSSR count). The number of rotatable bonds is 7. The van der Waals surface area contributed by atoms with Gasteiger partial charge in [-0.1, -0.05) is 18.2 Å². The lowest BCUT2D eigenvalue weighted by atomic mass is 10.1. The quantitative estimate of drug-likeness (QED) is 0.374. The summed E-state index contributed by atoms with van der Waals surface area (Å²) in [4.78, 5) is 13.9. The maximum atomic E-state index is 14.1. The molecule has 0 atom stereocenters. The number of carbonyl (C=O) groups excluding carboxylic acids is 1. The normalized spacial score (nSPS) is 10.3. The molecule has 0 aromatic heterocycles. The van der Waals surface area contributed by atoms with Gasteiger partial charge >= 0.3 is 0 Å². The van der Waals surface area contributed by atoms with Crippen molar-refractivity contribution in [3.05, 3.63) is 78.1 Å². The number of benzene rings is 3. The van der Waals surface area contributed by atoms with E-state index in [1.165, 1.54) is 30.0 Å². The molecule has 0 fully saturated rings. The molecule has 0 bridgehead atoms. The Kier molecular flexibility index (Phi) is 6.92. The molecule has 0 aliphatic heterocycles. The molecule has 5 nitrogen and oxygen atoms in total. The fourth-order valence-electron chi connectivity index (χ4n) is 2.82. The molecule has 29 heavy (non-hydrogen) atoms. The third-order valence-electron chi connectivity index (χ3n) is 4.24. The van der Waals surface area contributed by atoms with Crippen molar-refractivity contribution in [1.82, 2.24) is 0 Å². The van der Waals surface area contributed by atoms with Crippen molar-refractivity contribution < 1.29 is 21.7 Å². The highest BCUT2D eigenvalue weighted by molar-refractivity contribution is 14.1. The van der Waals surface area contributed by atoms with E-state index < -0.39 is 5.82 Å². The van der Waals surface area contributed by atoms with Gasteiger partial charge in [0.1, 0.15) is 23.1 Å². The zero-order valence-electron chi connectivity index (χ0n) is 15.9. The van der Waals surface area contributed by atoms with Crippen molar-refractivity contribution >= 4 is 34.6 Å². The predicted octanol–water partition coefficient (Wildman–Crippen LogP) is 5.91. The molecule has 1 amide bonds. The Morgan fingerprint density at radius 3 is 2.38 bits per heavy atom. The fourth-order valence-corrected chi connectivity index (χ4v) is 3.25. The summed E-state index contributed by atoms with van der Waals surface area (Å²) < 4.78 is 30.6. The van der Waals surface area contributed by atoms with Crippen LogP contribution in [0.25, 0.3) is 0 Å². The van der Waals surface area contributed by atoms with Crippen molar-refractivity contribution in [3.63, 3.8) is 0 Å². The highest BCUT2D eigenvalue weighted by Gasteiger charge is 2.20. The average Bonchev–Trinajstić information content (AvgIpc) is 2.73. The van der Waals surface area contributed by atoms with Crippen molar-refractivity contribution in [2.24, 2.45) is 0 Å². The molecule has 0 saturated heterocycles. The zero-order chi connectivity index (χ0) is 20.8. The topological polar surface area (TPSA) is 48.0 Å². The number of para-hydroxylation sites is 1. The van der Waals surface area contributed by atoms with Gasteiger partial charge in [0, 0.05) is 18.6 Å². The molecule has 3 aromatic carbocycles. The number of ether oxygens (including phenoxy) is 2. The number of anilines is 1. The molecule has 0 aliphatic rings. The summed E-state index contributed by atoms with van der Waals surface area (Å²) in [5.74, 6) is 1.42. The second-order valence-electron chi connectivity index (χ2n) is 6.18. The van der Waals surface area contributed by atoms with Gasteiger partial charge in [-0.25, -0.2) is 4.39 Å². The standard InChI is InChI=1S/C22H19FINO4/c1-15(26)25(14-16-12-19(27-2)9-11-21(16)29-24)20-13-17(23)8-10-22(20)28-18-6-4-3-5-7-18/h3-13H,14H2,1-2H3. The van der Waals surface area contributed by atoms with E-state index in [1.54, 1.807) is 60.4 Å². The molecular weight excluding hydrogens is 488 g/mol. The van der Waals surface area contributed by atoms with Crippen LogP contribution in [0.15, 0.2) is 66.7 Å². The Labute approximate surface area is 182 Å². The van der Waals surface area contributed by atoms with Crippen LogP contribution >= 0.6 is 23.0 Å². The number of halogens is 2. The van der Waals surface area contributed by atoms with Crippen LogP contribution in [-0.2, 0) is 11.3 Å². The molecule has 0 N–H and O–H groups in total. The van der Waals surface area contributed by atoms with Crippen molar-refractivity contribution in [3.8, 4) is 23.0 Å². The van der Waals surface area contributed by atoms with Crippen LogP contribution in [0.1, 0.15) is 12.5 Å². The summed E-state index contributed by atoms with van der Waals surface area (Å²) in [6.45, 7) is 1.57. The monoisotopic (exact) mass is 507 g/mol. The Morgan fingerprint density at radius 2 is 1.72 bits per heavy atom. The molecule has 0 unspecified atom stereocenters. The average molecular weight is 507 g/mol. The van der Waals surface area contributed by atoms with E-state index in [-0.39, 0.29) is 12.5 Å². The maximum absolute atomic E-state index is 14.1. The van der Waals surface area contributed by atoms with Crippen LogP contribution in [0.4, 0.5) is 10.1 Å². The predicted molar refractivity (Wildman–Crippen MR) is 117 cm³/mol. The van der Waals surface area contributed by atoms with E-state index in [2.05, 4.69) is 0 Å². The van der Waals surface area contributed by atoms with Gasteiger partial charge in [0.05, 0.1) is 19.3 Å². The van der Waals surface area contributed by atoms with E-state index in [9.17, 15) is 9.18 Å². The van der Waals surface area contributed by atoms with Gasteiger partial charge in [-0.3, -0.25) is 4.79 Å². The Hall–Kier alpha value is -2.81. The van der Waals surface area contributed by atoms with E-state index in [1.807, 2.05) is 18.2 Å². The number of amides is 1. The largest absolute Gasteiger partial charge is 0.497 e. The lowest BCUT2D eigenvalue weighted by Gasteiger charge is -2.25. The van der Waals surface area contributed by atoms with Crippen LogP contribution in [-0.4, -0.2) is 13.0 Å². The van der Waals surface area contributed by atoms with Gasteiger partial charge in [-0.05, 0) is 42.5 Å². The smallest absolute Gasteiger partial charge is 0.224 e. The Bertz CT molecular complexity index is 997. The highest BCUT2D eigenvalue weighted by atomic mass is 127. The molecule has 0 saturated carbocycles. The Morgan fingerprint density at radius 1 is 1.00 bits per heavy atom. The van der Waals surface area contributed by atoms with E-state index in [4.69, 9.17) is 12.5 Å². The number of nitrogens with zero attached hydrogens (tertiary/aromatic N) is 1. The van der Waals surface area contributed by atoms with E-state index >= 15 is 0 Å². The summed E-state index contributed by atoms with van der Waals surface area (Å²) in [5, 5.41) is 0. The molecule has 0 spiro atoms. The van der Waals surface area contributed by atoms with Crippen molar-refractivity contribution in [2.45, 2.75) is 13.5 Å². The van der Waals surface area contributed by atoms with Crippen LogP contribution in [0.2, 0.25) is 0 Å². The lowest BCUT2D eigenvalue weighted by molar-refractivity contribution is -0.116. The van der Waals surface area contributed by atoms with Crippen molar-refractivity contribution in [2.75, 3.05) is 12.0 Å². The molecule has 0 aliphatic carbocycles. The first-order chi connectivity index (χ1) is 14.0. The minimum absolute atomic E-state index is 0.152. The van der Waals surface area contributed by atoms with Gasteiger partial charge in [0.15, 0.2) is 28.8 Å². The highest BCUT2D eigenvalue weighted by Crippen LogP contribution is 2.36. The summed E-state index contributed by atoms with van der Waals surface area (Å²) in [5.41, 5.74) is 1.03. The third kappa shape index (κ3) is 5.17. The third-order valence-corrected chi connectivity index (χ3v) is 4.72. The molecule has 3 aromatic rings. The number of hydrogen-bond acceptors (Lipinski definition) is 4. The maximum Gasteiger partial charge on any atom is 0.224 e. The SMILES string of the molecule is COc1ccc(OI)c(CN(C(C)=O)c2cc(F)ccc2Oc2ccccc2)c1. The second kappa shape index (κ2) is 9.60. The van der Waals surface area contributed by atoms with Crippen LogP contribution < -0.4 is 17.4 Å². The first-order valence-corrected chi connectivity index (χ1v) is 9.66. The Balaban J connectivity index is 2.02. The lowest BCUT2D eigenvalue weighted by Crippen LogP contribution is -2.28. The van der Waals surface area contributed by atoms with Gasteiger partial charge in [-0.15, -0.1) is 0 Å². The molecule has 150 valence electrons. The minimum Gasteiger partial charge on any atom is -0.497 e. The number of carbonyl (C=O) groups is 1. The molecule has 7 heteroatoms. The van der Waals surface area contributed by atoms with Gasteiger partial charge < -0.3 is 17.4 Å². The van der Waals surface area contributed by atoms with Crippen molar-refractivity contribution in [1.29, 1.82) is 0 Å². The van der Waals surface area contributed by atoms with E-state index in [0.29, 0.717) is 34.2 Å². The molecule has 0 heterocycles. The summed E-state index contributed by atoms with van der Waals surface area (Å²) in [6, 6.07) is 18.5. The first-order valence-electron chi connectivity index (χ1n) is 8.78. The van der Waals surface area contributed by atoms with Crippen LogP contribution in [0, 0.1) is 5.82 Å². The summed E-state index contributed by atoms with van der Waals surface area (Å²) >= 11 is 1.78. The van der Waals surface area contributed by atoms with Gasteiger partial charge in [-0.2, -0.15) is 0 Å². The number of methoxy groups -OCH3 is 1. The second-order valence-corrected chi connectivity index (χ2v) is 6.62.